The van der Waals surface area contributed by atoms with Crippen LogP contribution < -0.4 is 10.2 Å². The Balaban J connectivity index is 0.00000101. The van der Waals surface area contributed by atoms with Crippen LogP contribution in [-0.4, -0.2) is 45.9 Å². The van der Waals surface area contributed by atoms with E-state index < -0.39 is 0 Å². The quantitative estimate of drug-likeness (QED) is 0.393. The summed E-state index contributed by atoms with van der Waals surface area (Å²) >= 11 is 3.01. The fourth-order valence-corrected chi connectivity index (χ4v) is 4.52. The van der Waals surface area contributed by atoms with Crippen molar-refractivity contribution >= 4 is 52.2 Å². The number of benzene rings is 1. The lowest BCUT2D eigenvalue weighted by atomic mass is 10.1. The van der Waals surface area contributed by atoms with E-state index in [4.69, 9.17) is 9.90 Å². The molecule has 30 heavy (non-hydrogen) atoms. The Morgan fingerprint density at radius 2 is 2.07 bits per heavy atom. The number of nitrogens with one attached hydrogen (secondary N) is 1. The molecule has 0 saturated carbocycles. The van der Waals surface area contributed by atoms with E-state index in [1.165, 1.54) is 16.9 Å². The maximum absolute atomic E-state index is 12.6. The second-order valence-corrected chi connectivity index (χ2v) is 9.59. The molecular weight excluding hydrogens is 424 g/mol. The molecule has 3 rings (SSSR count). The minimum atomic E-state index is -0.380. The lowest BCUT2D eigenvalue weighted by Gasteiger charge is -2.17. The Kier molecular flexibility index (Phi) is 8.79. The van der Waals surface area contributed by atoms with E-state index in [0.717, 1.165) is 21.3 Å². The zero-order chi connectivity index (χ0) is 22.3. The highest BCUT2D eigenvalue weighted by molar-refractivity contribution is 8.01. The Hall–Kier alpha value is -2.46. The largest absolute Gasteiger partial charge is 0.483 e. The number of rotatable bonds is 6. The number of aryl methyl sites for hydroxylation is 2. The maximum Gasteiger partial charge on any atom is 0.290 e. The van der Waals surface area contributed by atoms with E-state index >= 15 is 0 Å². The van der Waals surface area contributed by atoms with Gasteiger partial charge in [0.15, 0.2) is 4.34 Å². The third-order valence-electron chi connectivity index (χ3n) is 4.47. The van der Waals surface area contributed by atoms with Crippen LogP contribution in [-0.2, 0) is 14.4 Å². The summed E-state index contributed by atoms with van der Waals surface area (Å²) in [6.45, 7) is 8.50. The monoisotopic (exact) mass is 450 g/mol. The van der Waals surface area contributed by atoms with Crippen LogP contribution in [0.3, 0.4) is 0 Å². The zero-order valence-electron chi connectivity index (χ0n) is 17.4. The van der Waals surface area contributed by atoms with Crippen LogP contribution in [0.15, 0.2) is 22.5 Å². The lowest BCUT2D eigenvalue weighted by molar-refractivity contribution is -0.123. The third-order valence-corrected chi connectivity index (χ3v) is 6.87. The van der Waals surface area contributed by atoms with Gasteiger partial charge >= 0.3 is 0 Å². The van der Waals surface area contributed by atoms with E-state index in [1.807, 2.05) is 32.0 Å². The second-order valence-electron chi connectivity index (χ2n) is 7.35. The summed E-state index contributed by atoms with van der Waals surface area (Å²) in [6, 6.07) is 5.93. The summed E-state index contributed by atoms with van der Waals surface area (Å²) in [5, 5.41) is 18.3. The number of hydrogen-bond donors (Lipinski definition) is 2. The highest BCUT2D eigenvalue weighted by Crippen LogP contribution is 2.30. The van der Waals surface area contributed by atoms with Crippen molar-refractivity contribution in [2.24, 2.45) is 11.8 Å². The fraction of sp³-hybridized carbons (Fsp3) is 0.450. The van der Waals surface area contributed by atoms with Crippen LogP contribution >= 0.6 is 23.1 Å². The third kappa shape index (κ3) is 6.53. The van der Waals surface area contributed by atoms with Gasteiger partial charge in [-0.05, 0) is 43.0 Å². The Morgan fingerprint density at radius 1 is 1.37 bits per heavy atom. The molecule has 162 valence electrons. The summed E-state index contributed by atoms with van der Waals surface area (Å²) < 4.78 is 0.846. The van der Waals surface area contributed by atoms with Crippen molar-refractivity contribution in [1.29, 1.82) is 0 Å². The molecule has 2 N–H and O–H groups in total. The van der Waals surface area contributed by atoms with Crippen LogP contribution in [0.4, 0.5) is 10.8 Å². The van der Waals surface area contributed by atoms with Crippen molar-refractivity contribution in [1.82, 2.24) is 10.2 Å². The SMILES string of the molecule is Cc1ccc(N2CC(C(=O)Nc3nnc(SCC(C)C)s3)CC2=O)cc1C.O=CO. The number of aromatic nitrogens is 2. The smallest absolute Gasteiger partial charge is 0.290 e. The molecule has 8 nitrogen and oxygen atoms in total. The Bertz CT molecular complexity index is 901. The van der Waals surface area contributed by atoms with Crippen molar-refractivity contribution in [2.75, 3.05) is 22.5 Å². The van der Waals surface area contributed by atoms with Crippen LogP contribution in [0.1, 0.15) is 31.4 Å². The number of amides is 2. The van der Waals surface area contributed by atoms with Crippen molar-refractivity contribution in [3.63, 3.8) is 0 Å². The first kappa shape index (κ1) is 23.8. The molecule has 1 atom stereocenters. The second kappa shape index (κ2) is 11.1. The molecule has 0 bridgehead atoms. The Labute approximate surface area is 184 Å². The molecule has 1 aromatic heterocycles. The van der Waals surface area contributed by atoms with Crippen molar-refractivity contribution in [3.8, 4) is 0 Å². The average molecular weight is 451 g/mol. The predicted octanol–water partition coefficient (Wildman–Crippen LogP) is 3.60. The first-order valence-corrected chi connectivity index (χ1v) is 11.3. The molecule has 2 aromatic rings. The molecule has 1 aliphatic heterocycles. The molecule has 0 radical (unpaired) electrons. The maximum atomic E-state index is 12.6. The molecule has 1 fully saturated rings. The molecule has 10 heteroatoms. The van der Waals surface area contributed by atoms with Crippen molar-refractivity contribution in [3.05, 3.63) is 29.3 Å². The van der Waals surface area contributed by atoms with E-state index in [9.17, 15) is 9.59 Å². The van der Waals surface area contributed by atoms with Gasteiger partial charge in [0.1, 0.15) is 0 Å². The van der Waals surface area contributed by atoms with Gasteiger partial charge in [-0.15, -0.1) is 10.2 Å². The van der Waals surface area contributed by atoms with Crippen molar-refractivity contribution in [2.45, 2.75) is 38.5 Å². The highest BCUT2D eigenvalue weighted by atomic mass is 32.2. The van der Waals surface area contributed by atoms with E-state index in [0.29, 0.717) is 17.6 Å². The first-order chi connectivity index (χ1) is 14.2. The summed E-state index contributed by atoms with van der Waals surface area (Å²) in [7, 11) is 0. The minimum absolute atomic E-state index is 0.0242. The zero-order valence-corrected chi connectivity index (χ0v) is 19.0. The molecule has 0 spiro atoms. The van der Waals surface area contributed by atoms with Gasteiger partial charge in [-0.25, -0.2) is 0 Å². The number of carbonyl (C=O) groups is 3. The number of thioether (sulfide) groups is 1. The van der Waals surface area contributed by atoms with E-state index in [2.05, 4.69) is 29.4 Å². The van der Waals surface area contributed by atoms with E-state index in [-0.39, 0.29) is 30.6 Å². The molecule has 1 aromatic carbocycles. The van der Waals surface area contributed by atoms with Gasteiger partial charge in [-0.2, -0.15) is 0 Å². The molecule has 1 saturated heterocycles. The fourth-order valence-electron chi connectivity index (χ4n) is 2.79. The number of hydrogen-bond acceptors (Lipinski definition) is 7. The number of carbonyl (C=O) groups excluding carboxylic acids is 2. The molecule has 1 unspecified atom stereocenters. The number of anilines is 2. The summed E-state index contributed by atoms with van der Waals surface area (Å²) in [5.74, 6) is 0.952. The Morgan fingerprint density at radius 3 is 2.70 bits per heavy atom. The first-order valence-electron chi connectivity index (χ1n) is 9.47. The summed E-state index contributed by atoms with van der Waals surface area (Å²) in [4.78, 5) is 35.0. The normalized spacial score (nSPS) is 15.7. The van der Waals surface area contributed by atoms with Crippen LogP contribution in [0.5, 0.6) is 0 Å². The van der Waals surface area contributed by atoms with Crippen LogP contribution in [0, 0.1) is 25.7 Å². The van der Waals surface area contributed by atoms with Gasteiger partial charge in [0, 0.05) is 24.4 Å². The highest BCUT2D eigenvalue weighted by Gasteiger charge is 2.35. The van der Waals surface area contributed by atoms with Gasteiger partial charge in [-0.1, -0.05) is 43.0 Å². The van der Waals surface area contributed by atoms with Crippen molar-refractivity contribution < 1.29 is 19.5 Å². The number of carboxylic acid groups (broad SMARTS) is 1. The molecule has 1 aliphatic rings. The summed E-state index contributed by atoms with van der Waals surface area (Å²) in [6.07, 6.45) is 0.215. The van der Waals surface area contributed by atoms with Gasteiger partial charge in [0.25, 0.3) is 6.47 Å². The van der Waals surface area contributed by atoms with Crippen LogP contribution in [0.2, 0.25) is 0 Å². The topological polar surface area (TPSA) is 112 Å². The number of nitrogens with zero attached hydrogens (tertiary/aromatic N) is 3. The van der Waals surface area contributed by atoms with Gasteiger partial charge in [0.05, 0.1) is 5.92 Å². The minimum Gasteiger partial charge on any atom is -0.483 e. The summed E-state index contributed by atoms with van der Waals surface area (Å²) in [5.41, 5.74) is 3.16. The average Bonchev–Trinajstić information content (AvgIpc) is 3.29. The molecular formula is C20H26N4O4S2. The molecule has 0 aliphatic carbocycles. The van der Waals surface area contributed by atoms with Gasteiger partial charge in [0.2, 0.25) is 16.9 Å². The van der Waals surface area contributed by atoms with Crippen LogP contribution in [0.25, 0.3) is 0 Å². The van der Waals surface area contributed by atoms with Gasteiger partial charge < -0.3 is 15.3 Å². The molecule has 2 heterocycles. The lowest BCUT2D eigenvalue weighted by Crippen LogP contribution is -2.28. The van der Waals surface area contributed by atoms with E-state index in [1.54, 1.807) is 16.7 Å². The molecule has 2 amide bonds. The predicted molar refractivity (Wildman–Crippen MR) is 119 cm³/mol. The standard InChI is InChI=1S/C19H24N4O2S2.CH2O2/c1-11(2)10-26-19-22-21-18(27-19)20-17(25)14-8-16(24)23(9-14)15-6-5-12(3)13(4)7-15;2-1-3/h5-7,11,14H,8-10H2,1-4H3,(H,20,21,25);1H,(H,2,3). The van der Waals surface area contributed by atoms with Gasteiger partial charge in [-0.3, -0.25) is 14.4 Å².